The maximum atomic E-state index is 12.1. The topological polar surface area (TPSA) is 41.6 Å². The molecule has 1 saturated heterocycles. The van der Waals surface area contributed by atoms with Crippen LogP contribution in [0.25, 0.3) is 5.57 Å². The summed E-state index contributed by atoms with van der Waals surface area (Å²) in [5.41, 5.74) is 1.99. The predicted octanol–water partition coefficient (Wildman–Crippen LogP) is 3.09. The predicted molar refractivity (Wildman–Crippen MR) is 94.5 cm³/mol. The Morgan fingerprint density at radius 3 is 2.52 bits per heavy atom. The van der Waals surface area contributed by atoms with Gasteiger partial charge in [-0.05, 0) is 63.0 Å². The lowest BCUT2D eigenvalue weighted by Gasteiger charge is -2.32. The Bertz CT molecular complexity index is 531. The van der Waals surface area contributed by atoms with Gasteiger partial charge in [0.15, 0.2) is 0 Å². The summed E-state index contributed by atoms with van der Waals surface area (Å²) in [6, 6.07) is 8.14. The average Bonchev–Trinajstić information content (AvgIpc) is 2.60. The third-order valence-electron chi connectivity index (χ3n) is 4.48. The third kappa shape index (κ3) is 5.39. The van der Waals surface area contributed by atoms with Crippen molar-refractivity contribution >= 4 is 11.5 Å². The lowest BCUT2D eigenvalue weighted by atomic mass is 10.1. The monoisotopic (exact) mass is 316 g/mol. The molecule has 1 aromatic carbocycles. The van der Waals surface area contributed by atoms with E-state index in [4.69, 9.17) is 4.74 Å². The second kappa shape index (κ2) is 8.73. The summed E-state index contributed by atoms with van der Waals surface area (Å²) in [5.74, 6) is 0.795. The van der Waals surface area contributed by atoms with Crippen LogP contribution in [0.1, 0.15) is 38.7 Å². The summed E-state index contributed by atoms with van der Waals surface area (Å²) in [4.78, 5) is 14.6. The van der Waals surface area contributed by atoms with Gasteiger partial charge in [-0.3, -0.25) is 9.69 Å². The molecule has 4 heteroatoms. The SMILES string of the molecule is COc1ccc(/C(C)=C/C(=O)NCC(C)N2CCCCC2)cc1. The van der Waals surface area contributed by atoms with Gasteiger partial charge in [0.1, 0.15) is 5.75 Å². The zero-order valence-electron chi connectivity index (χ0n) is 14.5. The number of methoxy groups -OCH3 is 1. The number of nitrogens with one attached hydrogen (secondary N) is 1. The number of rotatable bonds is 6. The molecule has 4 nitrogen and oxygen atoms in total. The second-order valence-electron chi connectivity index (χ2n) is 6.25. The molecule has 0 aliphatic carbocycles. The van der Waals surface area contributed by atoms with Crippen LogP contribution in [0.5, 0.6) is 5.75 Å². The van der Waals surface area contributed by atoms with Crippen LogP contribution >= 0.6 is 0 Å². The third-order valence-corrected chi connectivity index (χ3v) is 4.48. The van der Waals surface area contributed by atoms with Gasteiger partial charge < -0.3 is 10.1 Å². The van der Waals surface area contributed by atoms with Crippen molar-refractivity contribution in [1.29, 1.82) is 0 Å². The van der Waals surface area contributed by atoms with Crippen molar-refractivity contribution in [2.24, 2.45) is 0 Å². The summed E-state index contributed by atoms with van der Waals surface area (Å²) in [5, 5.41) is 3.02. The molecule has 1 fully saturated rings. The van der Waals surface area contributed by atoms with E-state index in [1.807, 2.05) is 31.2 Å². The Morgan fingerprint density at radius 1 is 1.26 bits per heavy atom. The van der Waals surface area contributed by atoms with E-state index in [0.717, 1.165) is 30.0 Å². The van der Waals surface area contributed by atoms with Gasteiger partial charge in [0.05, 0.1) is 7.11 Å². The van der Waals surface area contributed by atoms with Crippen LogP contribution in [0, 0.1) is 0 Å². The molecule has 1 amide bonds. The summed E-state index contributed by atoms with van der Waals surface area (Å²) >= 11 is 0. The van der Waals surface area contributed by atoms with Crippen LogP contribution in [0.15, 0.2) is 30.3 Å². The molecule has 0 bridgehead atoms. The fraction of sp³-hybridized carbons (Fsp3) is 0.526. The number of piperidine rings is 1. The molecule has 1 unspecified atom stereocenters. The van der Waals surface area contributed by atoms with E-state index >= 15 is 0 Å². The molecule has 0 saturated carbocycles. The number of hydrogen-bond acceptors (Lipinski definition) is 3. The van der Waals surface area contributed by atoms with E-state index < -0.39 is 0 Å². The fourth-order valence-electron chi connectivity index (χ4n) is 2.92. The molecule has 0 radical (unpaired) electrons. The van der Waals surface area contributed by atoms with Crippen LogP contribution in [0.4, 0.5) is 0 Å². The Morgan fingerprint density at radius 2 is 1.91 bits per heavy atom. The molecular formula is C19H28N2O2. The number of carbonyl (C=O) groups excluding carboxylic acids is 1. The standard InChI is InChI=1S/C19H28N2O2/c1-15(17-7-9-18(23-3)10-8-17)13-19(22)20-14-16(2)21-11-5-4-6-12-21/h7-10,13,16H,4-6,11-12,14H2,1-3H3,(H,20,22)/b15-13+. The number of amides is 1. The Kier molecular flexibility index (Phi) is 6.66. The van der Waals surface area contributed by atoms with E-state index in [0.29, 0.717) is 12.6 Å². The molecule has 1 aliphatic heterocycles. The van der Waals surface area contributed by atoms with Crippen molar-refractivity contribution in [2.75, 3.05) is 26.7 Å². The minimum absolute atomic E-state index is 0.0258. The lowest BCUT2D eigenvalue weighted by molar-refractivity contribution is -0.116. The van der Waals surface area contributed by atoms with Gasteiger partial charge in [0, 0.05) is 18.7 Å². The minimum Gasteiger partial charge on any atom is -0.497 e. The van der Waals surface area contributed by atoms with Crippen LogP contribution in [-0.4, -0.2) is 43.6 Å². The Balaban J connectivity index is 1.84. The van der Waals surface area contributed by atoms with E-state index in [1.54, 1.807) is 13.2 Å². The number of nitrogens with zero attached hydrogens (tertiary/aromatic N) is 1. The van der Waals surface area contributed by atoms with Crippen molar-refractivity contribution in [3.8, 4) is 5.75 Å². The van der Waals surface area contributed by atoms with Crippen LogP contribution < -0.4 is 10.1 Å². The number of likely N-dealkylation sites (tertiary alicyclic amines) is 1. The van der Waals surface area contributed by atoms with E-state index in [9.17, 15) is 4.79 Å². The second-order valence-corrected chi connectivity index (χ2v) is 6.25. The highest BCUT2D eigenvalue weighted by Crippen LogP contribution is 2.18. The van der Waals surface area contributed by atoms with Crippen LogP contribution in [0.3, 0.4) is 0 Å². The van der Waals surface area contributed by atoms with Gasteiger partial charge in [-0.15, -0.1) is 0 Å². The maximum absolute atomic E-state index is 12.1. The quantitative estimate of drug-likeness (QED) is 0.820. The largest absolute Gasteiger partial charge is 0.497 e. The summed E-state index contributed by atoms with van der Waals surface area (Å²) in [6.07, 6.45) is 5.55. The van der Waals surface area contributed by atoms with Gasteiger partial charge >= 0.3 is 0 Å². The van der Waals surface area contributed by atoms with Gasteiger partial charge in [-0.1, -0.05) is 18.6 Å². The molecule has 1 aromatic rings. The first-order valence-corrected chi connectivity index (χ1v) is 8.45. The molecule has 1 N–H and O–H groups in total. The molecule has 0 aromatic heterocycles. The highest BCUT2D eigenvalue weighted by atomic mass is 16.5. The first-order valence-electron chi connectivity index (χ1n) is 8.45. The number of benzene rings is 1. The molecule has 1 atom stereocenters. The zero-order chi connectivity index (χ0) is 16.7. The number of hydrogen-bond donors (Lipinski definition) is 1. The zero-order valence-corrected chi connectivity index (χ0v) is 14.5. The highest BCUT2D eigenvalue weighted by Gasteiger charge is 2.16. The Hall–Kier alpha value is -1.81. The lowest BCUT2D eigenvalue weighted by Crippen LogP contribution is -2.44. The number of allylic oxidation sites excluding steroid dienone is 1. The fourth-order valence-corrected chi connectivity index (χ4v) is 2.92. The first-order chi connectivity index (χ1) is 11.1. The maximum Gasteiger partial charge on any atom is 0.244 e. The molecule has 2 rings (SSSR count). The van der Waals surface area contributed by atoms with Crippen LogP contribution in [-0.2, 0) is 4.79 Å². The Labute approximate surface area is 139 Å². The van der Waals surface area contributed by atoms with Crippen molar-refractivity contribution in [1.82, 2.24) is 10.2 Å². The number of carbonyl (C=O) groups is 1. The van der Waals surface area contributed by atoms with Gasteiger partial charge in [0.2, 0.25) is 5.91 Å². The van der Waals surface area contributed by atoms with Gasteiger partial charge in [-0.2, -0.15) is 0 Å². The summed E-state index contributed by atoms with van der Waals surface area (Å²) < 4.78 is 5.15. The normalized spacial score (nSPS) is 17.6. The molecule has 23 heavy (non-hydrogen) atoms. The van der Waals surface area contributed by atoms with E-state index in [1.165, 1.54) is 19.3 Å². The molecule has 0 spiro atoms. The average molecular weight is 316 g/mol. The van der Waals surface area contributed by atoms with Crippen molar-refractivity contribution < 1.29 is 9.53 Å². The van der Waals surface area contributed by atoms with Crippen molar-refractivity contribution in [3.05, 3.63) is 35.9 Å². The highest BCUT2D eigenvalue weighted by molar-refractivity contribution is 5.94. The minimum atomic E-state index is -0.0258. The van der Waals surface area contributed by atoms with E-state index in [-0.39, 0.29) is 5.91 Å². The van der Waals surface area contributed by atoms with Gasteiger partial charge in [0.25, 0.3) is 0 Å². The van der Waals surface area contributed by atoms with Crippen molar-refractivity contribution in [2.45, 2.75) is 39.2 Å². The van der Waals surface area contributed by atoms with Crippen molar-refractivity contribution in [3.63, 3.8) is 0 Å². The molecule has 1 aliphatic rings. The smallest absolute Gasteiger partial charge is 0.244 e. The van der Waals surface area contributed by atoms with E-state index in [2.05, 4.69) is 17.1 Å². The molecule has 1 heterocycles. The first kappa shape index (κ1) is 17.5. The summed E-state index contributed by atoms with van der Waals surface area (Å²) in [7, 11) is 1.65. The molecular weight excluding hydrogens is 288 g/mol. The van der Waals surface area contributed by atoms with Gasteiger partial charge in [-0.25, -0.2) is 0 Å². The van der Waals surface area contributed by atoms with Crippen LogP contribution in [0.2, 0.25) is 0 Å². The summed E-state index contributed by atoms with van der Waals surface area (Å²) in [6.45, 7) is 7.14. The number of ether oxygens (including phenoxy) is 1. The molecule has 126 valence electrons.